The van der Waals surface area contributed by atoms with Crippen molar-refractivity contribution in [3.63, 3.8) is 0 Å². The molecule has 0 atom stereocenters. The van der Waals surface area contributed by atoms with E-state index in [4.69, 9.17) is 11.6 Å². The Morgan fingerprint density at radius 3 is 2.62 bits per heavy atom. The third-order valence-electron chi connectivity index (χ3n) is 1.34. The minimum absolute atomic E-state index is 0.211. The van der Waals surface area contributed by atoms with Crippen molar-refractivity contribution in [1.82, 2.24) is 0 Å². The summed E-state index contributed by atoms with van der Waals surface area (Å²) in [6.07, 6.45) is 0.610. The zero-order valence-electron chi connectivity index (χ0n) is 6.36. The molecule has 1 N–H and O–H groups in total. The van der Waals surface area contributed by atoms with Crippen molar-refractivity contribution < 1.29 is 13.2 Å². The quantitative estimate of drug-likeness (QED) is 0.591. The van der Waals surface area contributed by atoms with Gasteiger partial charge in [-0.05, 0) is 12.1 Å². The molecule has 0 saturated heterocycles. The van der Waals surface area contributed by atoms with Crippen molar-refractivity contribution in [3.05, 3.63) is 28.8 Å². The first-order valence-electron chi connectivity index (χ1n) is 3.29. The van der Waals surface area contributed by atoms with E-state index < -0.39 is 10.9 Å². The molecule has 1 aromatic carbocycles. The molecule has 0 aliphatic carbocycles. The zero-order chi connectivity index (χ0) is 9.84. The predicted octanol–water partition coefficient (Wildman–Crippen LogP) is 1.09. The molecule has 6 heteroatoms. The number of aldehydes is 1. The molecule has 1 aromatic rings. The first kappa shape index (κ1) is 10.0. The van der Waals surface area contributed by atoms with E-state index in [-0.39, 0.29) is 10.7 Å². The maximum Gasteiger partial charge on any atom is 0.222 e. The van der Waals surface area contributed by atoms with Crippen molar-refractivity contribution in [2.75, 3.05) is 4.72 Å². The van der Waals surface area contributed by atoms with Crippen LogP contribution >= 0.6 is 11.6 Å². The Morgan fingerprint density at radius 2 is 2.08 bits per heavy atom. The van der Waals surface area contributed by atoms with Gasteiger partial charge in [-0.1, -0.05) is 17.7 Å². The Labute approximate surface area is 81.6 Å². The van der Waals surface area contributed by atoms with Crippen molar-refractivity contribution >= 4 is 34.5 Å². The van der Waals surface area contributed by atoms with E-state index >= 15 is 0 Å². The van der Waals surface area contributed by atoms with Gasteiger partial charge in [0, 0.05) is 5.56 Å². The second kappa shape index (κ2) is 4.25. The number of rotatable bonds is 3. The molecule has 0 aromatic heterocycles. The van der Waals surface area contributed by atoms with Crippen LogP contribution in [0.25, 0.3) is 0 Å². The highest BCUT2D eigenvalue weighted by atomic mass is 35.5. The Bertz CT molecular complexity index is 395. The van der Waals surface area contributed by atoms with E-state index in [0.29, 0.717) is 11.8 Å². The van der Waals surface area contributed by atoms with Crippen LogP contribution in [0.15, 0.2) is 18.2 Å². The molecule has 0 radical (unpaired) electrons. The summed E-state index contributed by atoms with van der Waals surface area (Å²) in [6, 6.07) is 4.31. The molecular weight excluding hydrogens is 214 g/mol. The van der Waals surface area contributed by atoms with Gasteiger partial charge in [-0.25, -0.2) is 8.42 Å². The summed E-state index contributed by atoms with van der Waals surface area (Å²) in [7, 11) is -2.76. The average molecular weight is 220 g/mol. The average Bonchev–Trinajstić information content (AvgIpc) is 2.08. The van der Waals surface area contributed by atoms with E-state index in [1.54, 1.807) is 0 Å². The van der Waals surface area contributed by atoms with E-state index in [9.17, 15) is 13.2 Å². The molecule has 0 aliphatic rings. The lowest BCUT2D eigenvalue weighted by atomic mass is 10.2. The van der Waals surface area contributed by atoms with Crippen LogP contribution in [-0.2, 0) is 10.9 Å². The number of hydrogen-bond acceptors (Lipinski definition) is 3. The predicted molar refractivity (Wildman–Crippen MR) is 50.8 cm³/mol. The number of benzene rings is 1. The van der Waals surface area contributed by atoms with Gasteiger partial charge in [-0.3, -0.25) is 9.52 Å². The molecule has 70 valence electrons. The number of carbonyl (C=O) groups is 1. The molecule has 0 bridgehead atoms. The number of anilines is 1. The van der Waals surface area contributed by atoms with Gasteiger partial charge in [0.05, 0.1) is 10.7 Å². The van der Waals surface area contributed by atoms with Gasteiger partial charge in [0.25, 0.3) is 0 Å². The maximum atomic E-state index is 10.3. The standard InChI is InChI=1S/C7H6ClNO3S/c8-6-2-1-5(4-10)3-7(6)9-13(11)12/h1-4,13H,(H,9,11,12). The monoisotopic (exact) mass is 219 g/mol. The Hall–Kier alpha value is -1.07. The minimum atomic E-state index is -2.76. The number of nitrogens with one attached hydrogen (secondary N) is 1. The molecule has 1 rings (SSSR count). The molecule has 0 saturated carbocycles. The van der Waals surface area contributed by atoms with Crippen LogP contribution in [-0.4, -0.2) is 14.7 Å². The van der Waals surface area contributed by atoms with Crippen molar-refractivity contribution in [2.24, 2.45) is 0 Å². The fourth-order valence-corrected chi connectivity index (χ4v) is 1.41. The van der Waals surface area contributed by atoms with Crippen molar-refractivity contribution in [2.45, 2.75) is 0 Å². The van der Waals surface area contributed by atoms with Gasteiger partial charge in [0.2, 0.25) is 10.9 Å². The lowest BCUT2D eigenvalue weighted by Crippen LogP contribution is -1.96. The number of carbonyl (C=O) groups excluding carboxylic acids is 1. The first-order valence-corrected chi connectivity index (χ1v) is 4.85. The highest BCUT2D eigenvalue weighted by Crippen LogP contribution is 2.22. The van der Waals surface area contributed by atoms with Gasteiger partial charge in [0.15, 0.2) is 0 Å². The second-order valence-corrected chi connectivity index (χ2v) is 3.37. The highest BCUT2D eigenvalue weighted by Gasteiger charge is 2.01. The highest BCUT2D eigenvalue weighted by molar-refractivity contribution is 7.73. The van der Waals surface area contributed by atoms with E-state index in [1.807, 2.05) is 0 Å². The molecule has 4 nitrogen and oxygen atoms in total. The van der Waals surface area contributed by atoms with Crippen LogP contribution in [0.3, 0.4) is 0 Å². The molecule has 0 fully saturated rings. The molecule has 0 unspecified atom stereocenters. The Balaban J connectivity index is 3.10. The Morgan fingerprint density at radius 1 is 1.38 bits per heavy atom. The van der Waals surface area contributed by atoms with E-state index in [0.717, 1.165) is 0 Å². The third-order valence-corrected chi connectivity index (χ3v) is 2.09. The summed E-state index contributed by atoms with van der Waals surface area (Å²) in [4.78, 5) is 10.3. The SMILES string of the molecule is O=Cc1ccc(Cl)c(N[SH](=O)=O)c1. The zero-order valence-corrected chi connectivity index (χ0v) is 8.01. The van der Waals surface area contributed by atoms with Gasteiger partial charge < -0.3 is 0 Å². The van der Waals surface area contributed by atoms with Crippen LogP contribution < -0.4 is 4.72 Å². The summed E-state index contributed by atoms with van der Waals surface area (Å²) >= 11 is 5.65. The fourth-order valence-electron chi connectivity index (χ4n) is 0.800. The van der Waals surface area contributed by atoms with Crippen LogP contribution in [0.5, 0.6) is 0 Å². The van der Waals surface area contributed by atoms with Crippen LogP contribution in [0, 0.1) is 0 Å². The summed E-state index contributed by atoms with van der Waals surface area (Å²) in [5.41, 5.74) is 0.575. The van der Waals surface area contributed by atoms with Crippen molar-refractivity contribution in [3.8, 4) is 0 Å². The number of hydrogen-bond donors (Lipinski definition) is 2. The molecule has 0 aliphatic heterocycles. The number of halogens is 1. The lowest BCUT2D eigenvalue weighted by Gasteiger charge is -2.01. The summed E-state index contributed by atoms with van der Waals surface area (Å²) in [5.74, 6) is 0. The van der Waals surface area contributed by atoms with E-state index in [1.165, 1.54) is 18.2 Å². The molecular formula is C7H6ClNO3S. The molecule has 0 heterocycles. The van der Waals surface area contributed by atoms with Crippen LogP contribution in [0.1, 0.15) is 10.4 Å². The van der Waals surface area contributed by atoms with Crippen molar-refractivity contribution in [1.29, 1.82) is 0 Å². The van der Waals surface area contributed by atoms with E-state index in [2.05, 4.69) is 4.72 Å². The van der Waals surface area contributed by atoms with Gasteiger partial charge in [0.1, 0.15) is 6.29 Å². The van der Waals surface area contributed by atoms with Gasteiger partial charge in [-0.2, -0.15) is 0 Å². The smallest absolute Gasteiger partial charge is 0.222 e. The first-order chi connectivity index (χ1) is 6.13. The summed E-state index contributed by atoms with van der Waals surface area (Å²) in [6.45, 7) is 0. The van der Waals surface area contributed by atoms with Gasteiger partial charge >= 0.3 is 0 Å². The molecule has 0 spiro atoms. The second-order valence-electron chi connectivity index (χ2n) is 2.23. The van der Waals surface area contributed by atoms with Crippen LogP contribution in [0.4, 0.5) is 5.69 Å². The fraction of sp³-hybridized carbons (Fsp3) is 0. The van der Waals surface area contributed by atoms with Gasteiger partial charge in [-0.15, -0.1) is 0 Å². The summed E-state index contributed by atoms with van der Waals surface area (Å²) in [5, 5.41) is 0.254. The lowest BCUT2D eigenvalue weighted by molar-refractivity contribution is 0.112. The Kier molecular flexibility index (Phi) is 3.27. The minimum Gasteiger partial charge on any atom is -0.298 e. The normalized spacial score (nSPS) is 10.0. The largest absolute Gasteiger partial charge is 0.298 e. The third kappa shape index (κ3) is 2.71. The number of thiol groups is 1. The summed E-state index contributed by atoms with van der Waals surface area (Å²) < 4.78 is 22.7. The van der Waals surface area contributed by atoms with Crippen LogP contribution in [0.2, 0.25) is 5.02 Å². The topological polar surface area (TPSA) is 63.2 Å². The maximum absolute atomic E-state index is 10.3. The molecule has 13 heavy (non-hydrogen) atoms. The molecule has 0 amide bonds.